The number of rotatable bonds is 4. The predicted molar refractivity (Wildman–Crippen MR) is 87.3 cm³/mol. The Morgan fingerprint density at radius 3 is 2.60 bits per heavy atom. The minimum Gasteiger partial charge on any atom is -0.479 e. The summed E-state index contributed by atoms with van der Waals surface area (Å²) in [4.78, 5) is 39.0. The molecule has 3 rings (SSSR count). The van der Waals surface area contributed by atoms with E-state index >= 15 is 0 Å². The molecule has 2 atom stereocenters. The molecule has 2 N–H and O–H groups in total. The Morgan fingerprint density at radius 1 is 1.20 bits per heavy atom. The average molecular weight is 348 g/mol. The first-order valence-electron chi connectivity index (χ1n) is 8.22. The molecule has 0 bridgehead atoms. The smallest absolute Gasteiger partial charge is 0.335 e. The van der Waals surface area contributed by atoms with E-state index in [9.17, 15) is 19.5 Å². The molecule has 0 aromatic heterocycles. The van der Waals surface area contributed by atoms with Crippen LogP contribution in [0.4, 0.5) is 5.69 Å². The fourth-order valence-electron chi connectivity index (χ4n) is 3.13. The summed E-state index contributed by atoms with van der Waals surface area (Å²) in [5.41, 5.74) is 0.968. The normalized spacial score (nSPS) is 22.1. The summed E-state index contributed by atoms with van der Waals surface area (Å²) >= 11 is 0. The molecule has 2 aliphatic rings. The third-order valence-corrected chi connectivity index (χ3v) is 4.46. The number of anilines is 1. The van der Waals surface area contributed by atoms with Crippen LogP contribution in [0, 0.1) is 0 Å². The van der Waals surface area contributed by atoms with Gasteiger partial charge < -0.3 is 24.7 Å². The highest BCUT2D eigenvalue weighted by Crippen LogP contribution is 2.23. The second-order valence-electron chi connectivity index (χ2n) is 6.11. The van der Waals surface area contributed by atoms with Crippen molar-refractivity contribution in [3.05, 3.63) is 29.8 Å². The van der Waals surface area contributed by atoms with Gasteiger partial charge in [-0.15, -0.1) is 0 Å². The number of hydrogen-bond donors (Lipinski definition) is 2. The summed E-state index contributed by atoms with van der Waals surface area (Å²) in [6.45, 7) is 1.78. The van der Waals surface area contributed by atoms with Gasteiger partial charge in [0.15, 0.2) is 12.2 Å². The number of aliphatic hydroxyl groups excluding tert-OH is 1. The molecule has 2 aliphatic heterocycles. The highest BCUT2D eigenvalue weighted by atomic mass is 16.5. The average Bonchev–Trinajstić information content (AvgIpc) is 3.15. The van der Waals surface area contributed by atoms with Crippen LogP contribution in [-0.4, -0.2) is 71.3 Å². The lowest BCUT2D eigenvalue weighted by Gasteiger charge is -2.33. The van der Waals surface area contributed by atoms with E-state index in [2.05, 4.69) is 0 Å². The maximum Gasteiger partial charge on any atom is 0.335 e. The van der Waals surface area contributed by atoms with Crippen LogP contribution in [0.25, 0.3) is 0 Å². The van der Waals surface area contributed by atoms with E-state index in [0.717, 1.165) is 25.9 Å². The molecule has 0 aliphatic carbocycles. The largest absolute Gasteiger partial charge is 0.479 e. The van der Waals surface area contributed by atoms with Crippen molar-refractivity contribution in [3.8, 4) is 0 Å². The standard InChI is InChI=1S/C17H20N2O6/c20-13(17(23)24)14-16(22)19(8-9-25-14)12-5-3-4-11(10-12)15(21)18-6-1-2-7-18/h3-5,10,13-14,20H,1-2,6-9H2,(H,23,24)/t13-,14-/m1/s1. The van der Waals surface area contributed by atoms with Crippen molar-refractivity contribution < 1.29 is 29.3 Å². The van der Waals surface area contributed by atoms with E-state index in [1.807, 2.05) is 0 Å². The first kappa shape index (κ1) is 17.4. The number of likely N-dealkylation sites (tertiary alicyclic amines) is 1. The molecule has 0 spiro atoms. The summed E-state index contributed by atoms with van der Waals surface area (Å²) in [7, 11) is 0. The lowest BCUT2D eigenvalue weighted by molar-refractivity contribution is -0.163. The van der Waals surface area contributed by atoms with Crippen LogP contribution < -0.4 is 4.90 Å². The molecule has 2 heterocycles. The Balaban J connectivity index is 1.81. The minimum atomic E-state index is -1.93. The topological polar surface area (TPSA) is 107 Å². The lowest BCUT2D eigenvalue weighted by atomic mass is 10.1. The van der Waals surface area contributed by atoms with Gasteiger partial charge in [0.1, 0.15) is 0 Å². The zero-order valence-electron chi connectivity index (χ0n) is 13.6. The van der Waals surface area contributed by atoms with Crippen LogP contribution in [0.3, 0.4) is 0 Å². The van der Waals surface area contributed by atoms with E-state index in [4.69, 9.17) is 9.84 Å². The van der Waals surface area contributed by atoms with Crippen LogP contribution in [0.15, 0.2) is 24.3 Å². The SMILES string of the molecule is O=C(O)[C@H](O)[C@H]1OCCN(c2cccc(C(=O)N3CCCC3)c2)C1=O. The van der Waals surface area contributed by atoms with Crippen molar-refractivity contribution in [2.45, 2.75) is 25.0 Å². The van der Waals surface area contributed by atoms with Gasteiger partial charge in [-0.1, -0.05) is 6.07 Å². The number of benzene rings is 1. The van der Waals surface area contributed by atoms with Gasteiger partial charge in [0, 0.05) is 30.9 Å². The Labute approximate surface area is 144 Å². The fraction of sp³-hybridized carbons (Fsp3) is 0.471. The molecular formula is C17H20N2O6. The van der Waals surface area contributed by atoms with Crippen molar-refractivity contribution in [1.82, 2.24) is 4.90 Å². The number of aliphatic hydroxyl groups is 1. The molecule has 8 heteroatoms. The van der Waals surface area contributed by atoms with Gasteiger partial charge in [-0.2, -0.15) is 0 Å². The molecule has 8 nitrogen and oxygen atoms in total. The van der Waals surface area contributed by atoms with Gasteiger partial charge in [0.2, 0.25) is 0 Å². The summed E-state index contributed by atoms with van der Waals surface area (Å²) in [6, 6.07) is 6.67. The van der Waals surface area contributed by atoms with Crippen molar-refractivity contribution in [2.75, 3.05) is 31.1 Å². The number of morpholine rings is 1. The van der Waals surface area contributed by atoms with Crippen LogP contribution in [0.5, 0.6) is 0 Å². The Bertz CT molecular complexity index is 685. The number of carboxylic acids is 1. The Hall–Kier alpha value is -2.45. The quantitative estimate of drug-likeness (QED) is 0.799. The third kappa shape index (κ3) is 3.49. The van der Waals surface area contributed by atoms with Gasteiger partial charge in [0.25, 0.3) is 11.8 Å². The van der Waals surface area contributed by atoms with Gasteiger partial charge in [-0.25, -0.2) is 4.79 Å². The molecule has 2 amide bonds. The molecule has 0 saturated carbocycles. The van der Waals surface area contributed by atoms with E-state index < -0.39 is 24.1 Å². The lowest BCUT2D eigenvalue weighted by Crippen LogP contribution is -2.54. The van der Waals surface area contributed by atoms with Crippen molar-refractivity contribution in [3.63, 3.8) is 0 Å². The van der Waals surface area contributed by atoms with Crippen molar-refractivity contribution >= 4 is 23.5 Å². The highest BCUT2D eigenvalue weighted by molar-refractivity contribution is 6.01. The number of aliphatic carboxylic acids is 1. The molecule has 134 valence electrons. The zero-order chi connectivity index (χ0) is 18.0. The minimum absolute atomic E-state index is 0.0813. The summed E-state index contributed by atoms with van der Waals surface area (Å²) in [5.74, 6) is -2.23. The van der Waals surface area contributed by atoms with Crippen molar-refractivity contribution in [2.24, 2.45) is 0 Å². The molecule has 0 radical (unpaired) electrons. The molecular weight excluding hydrogens is 328 g/mol. The molecule has 1 aromatic carbocycles. The molecule has 1 aromatic rings. The second kappa shape index (κ2) is 7.20. The number of nitrogens with zero attached hydrogens (tertiary/aromatic N) is 2. The molecule has 2 saturated heterocycles. The molecule has 25 heavy (non-hydrogen) atoms. The Kier molecular flexibility index (Phi) is 5.00. The first-order valence-corrected chi connectivity index (χ1v) is 8.22. The fourth-order valence-corrected chi connectivity index (χ4v) is 3.13. The maximum absolute atomic E-state index is 12.5. The summed E-state index contributed by atoms with van der Waals surface area (Å²) < 4.78 is 5.13. The number of amides is 2. The van der Waals surface area contributed by atoms with Gasteiger partial charge in [-0.3, -0.25) is 9.59 Å². The second-order valence-corrected chi connectivity index (χ2v) is 6.11. The van der Waals surface area contributed by atoms with E-state index in [1.165, 1.54) is 4.90 Å². The van der Waals surface area contributed by atoms with Crippen LogP contribution in [-0.2, 0) is 14.3 Å². The van der Waals surface area contributed by atoms with Gasteiger partial charge in [0.05, 0.1) is 6.61 Å². The van der Waals surface area contributed by atoms with E-state index in [1.54, 1.807) is 29.2 Å². The third-order valence-electron chi connectivity index (χ3n) is 4.46. The highest BCUT2D eigenvalue weighted by Gasteiger charge is 2.39. The van der Waals surface area contributed by atoms with Crippen LogP contribution >= 0.6 is 0 Å². The van der Waals surface area contributed by atoms with Crippen LogP contribution in [0.1, 0.15) is 23.2 Å². The zero-order valence-corrected chi connectivity index (χ0v) is 13.6. The number of hydrogen-bond acceptors (Lipinski definition) is 5. The van der Waals surface area contributed by atoms with Gasteiger partial charge >= 0.3 is 5.97 Å². The number of carboxylic acid groups (broad SMARTS) is 1. The molecule has 0 unspecified atom stereocenters. The van der Waals surface area contributed by atoms with E-state index in [0.29, 0.717) is 11.3 Å². The Morgan fingerprint density at radius 2 is 1.92 bits per heavy atom. The van der Waals surface area contributed by atoms with E-state index in [-0.39, 0.29) is 19.1 Å². The van der Waals surface area contributed by atoms with Gasteiger partial charge in [-0.05, 0) is 31.0 Å². The monoisotopic (exact) mass is 348 g/mol. The number of ether oxygens (including phenoxy) is 1. The predicted octanol–water partition coefficient (Wildman–Crippen LogP) is 0.0999. The summed E-state index contributed by atoms with van der Waals surface area (Å²) in [5, 5.41) is 18.5. The number of carbonyl (C=O) groups is 3. The van der Waals surface area contributed by atoms with Crippen molar-refractivity contribution in [1.29, 1.82) is 0 Å². The maximum atomic E-state index is 12.5. The number of carbonyl (C=O) groups excluding carboxylic acids is 2. The van der Waals surface area contributed by atoms with Crippen LogP contribution in [0.2, 0.25) is 0 Å². The first-order chi connectivity index (χ1) is 12.0. The summed E-state index contributed by atoms with van der Waals surface area (Å²) in [6.07, 6.45) is -1.40. The molecule has 2 fully saturated rings.